The van der Waals surface area contributed by atoms with E-state index in [-0.39, 0.29) is 24.8 Å². The molecule has 3 rings (SSSR count). The van der Waals surface area contributed by atoms with Gasteiger partial charge in [-0.1, -0.05) is 11.6 Å². The number of rotatable bonds is 6. The van der Waals surface area contributed by atoms with Crippen molar-refractivity contribution in [3.63, 3.8) is 0 Å². The molecule has 1 atom stereocenters. The first kappa shape index (κ1) is 20.9. The van der Waals surface area contributed by atoms with Gasteiger partial charge in [-0.15, -0.1) is 11.3 Å². The molecule has 1 fully saturated rings. The van der Waals surface area contributed by atoms with Crippen LogP contribution in [0.2, 0.25) is 5.02 Å². The van der Waals surface area contributed by atoms with Crippen molar-refractivity contribution < 1.29 is 28.6 Å². The molecule has 0 spiro atoms. The van der Waals surface area contributed by atoms with E-state index in [4.69, 9.17) is 25.8 Å². The van der Waals surface area contributed by atoms with E-state index in [9.17, 15) is 14.4 Å². The van der Waals surface area contributed by atoms with E-state index in [1.165, 1.54) is 37.6 Å². The lowest BCUT2D eigenvalue weighted by Crippen LogP contribution is -2.28. The largest absolute Gasteiger partial charge is 0.495 e. The van der Waals surface area contributed by atoms with Crippen molar-refractivity contribution in [3.8, 4) is 11.5 Å². The number of esters is 1. The van der Waals surface area contributed by atoms with E-state index in [0.29, 0.717) is 32.8 Å². The molecule has 0 bridgehead atoms. The number of carbonyl (C=O) groups is 3. The van der Waals surface area contributed by atoms with Gasteiger partial charge in [-0.2, -0.15) is 0 Å². The highest BCUT2D eigenvalue weighted by molar-refractivity contribution is 7.12. The first-order valence-electron chi connectivity index (χ1n) is 8.58. The predicted molar refractivity (Wildman–Crippen MR) is 109 cm³/mol. The average Bonchev–Trinajstić information content (AvgIpc) is 3.33. The highest BCUT2D eigenvalue weighted by atomic mass is 35.5. The Morgan fingerprint density at radius 2 is 1.93 bits per heavy atom. The van der Waals surface area contributed by atoms with Gasteiger partial charge in [-0.05, 0) is 17.5 Å². The quantitative estimate of drug-likeness (QED) is 0.696. The summed E-state index contributed by atoms with van der Waals surface area (Å²) in [7, 11) is 4.23. The number of nitrogens with zero attached hydrogens (tertiary/aromatic N) is 1. The Morgan fingerprint density at radius 1 is 1.21 bits per heavy atom. The molecule has 10 heteroatoms. The lowest BCUT2D eigenvalue weighted by molar-refractivity contribution is -0.122. The highest BCUT2D eigenvalue weighted by Gasteiger charge is 2.37. The third-order valence-corrected chi connectivity index (χ3v) is 5.72. The molecule has 1 aromatic carbocycles. The molecule has 2 aromatic rings. The maximum Gasteiger partial charge on any atom is 0.350 e. The molecule has 0 saturated carbocycles. The van der Waals surface area contributed by atoms with Gasteiger partial charge in [0.05, 0.1) is 43.6 Å². The standard InChI is InChI=1S/C19H19ClN2O6S/c1-26-14-8-15(27-2)13(7-11(14)20)22-9-10(6-16(22)23)18(24)21-12-4-5-29-17(12)19(25)28-3/h4-5,7-8,10H,6,9H2,1-3H3,(H,21,24)/t10-/m1/s1. The van der Waals surface area contributed by atoms with Crippen LogP contribution in [0.1, 0.15) is 16.1 Å². The number of benzene rings is 1. The van der Waals surface area contributed by atoms with Gasteiger partial charge < -0.3 is 24.4 Å². The van der Waals surface area contributed by atoms with Crippen LogP contribution in [-0.2, 0) is 14.3 Å². The predicted octanol–water partition coefficient (Wildman–Crippen LogP) is 3.20. The molecule has 1 saturated heterocycles. The zero-order valence-corrected chi connectivity index (χ0v) is 17.6. The fraction of sp³-hybridized carbons (Fsp3) is 0.316. The molecule has 2 heterocycles. The summed E-state index contributed by atoms with van der Waals surface area (Å²) in [6.45, 7) is 0.154. The Balaban J connectivity index is 1.79. The van der Waals surface area contributed by atoms with Crippen LogP contribution < -0.4 is 19.7 Å². The third kappa shape index (κ3) is 4.15. The molecule has 0 aliphatic carbocycles. The lowest BCUT2D eigenvalue weighted by Gasteiger charge is -2.21. The number of methoxy groups -OCH3 is 3. The zero-order valence-electron chi connectivity index (χ0n) is 16.0. The molecule has 1 aromatic heterocycles. The van der Waals surface area contributed by atoms with E-state index >= 15 is 0 Å². The van der Waals surface area contributed by atoms with Crippen molar-refractivity contribution in [1.29, 1.82) is 0 Å². The van der Waals surface area contributed by atoms with Crippen LogP contribution >= 0.6 is 22.9 Å². The number of amides is 2. The summed E-state index contributed by atoms with van der Waals surface area (Å²) in [6.07, 6.45) is 0.0241. The van der Waals surface area contributed by atoms with Crippen LogP contribution in [0.15, 0.2) is 23.6 Å². The van der Waals surface area contributed by atoms with Crippen molar-refractivity contribution in [2.24, 2.45) is 5.92 Å². The SMILES string of the molecule is COC(=O)c1sccc1NC(=O)[C@@H]1CC(=O)N(c2cc(Cl)c(OC)cc2OC)C1. The number of ether oxygens (including phenoxy) is 3. The number of thiophene rings is 1. The van der Waals surface area contributed by atoms with Crippen molar-refractivity contribution >= 4 is 52.1 Å². The number of halogens is 1. The fourth-order valence-electron chi connectivity index (χ4n) is 3.06. The first-order chi connectivity index (χ1) is 13.9. The first-order valence-corrected chi connectivity index (χ1v) is 9.83. The van der Waals surface area contributed by atoms with E-state index in [2.05, 4.69) is 5.32 Å². The van der Waals surface area contributed by atoms with Gasteiger partial charge in [0, 0.05) is 19.0 Å². The molecule has 29 heavy (non-hydrogen) atoms. The van der Waals surface area contributed by atoms with E-state index in [0.717, 1.165) is 0 Å². The van der Waals surface area contributed by atoms with Crippen molar-refractivity contribution in [1.82, 2.24) is 0 Å². The summed E-state index contributed by atoms with van der Waals surface area (Å²) in [6, 6.07) is 4.79. The Morgan fingerprint density at radius 3 is 2.59 bits per heavy atom. The minimum Gasteiger partial charge on any atom is -0.495 e. The Hall–Kier alpha value is -2.78. The molecule has 0 radical (unpaired) electrons. The number of anilines is 2. The summed E-state index contributed by atoms with van der Waals surface area (Å²) in [4.78, 5) is 38.8. The lowest BCUT2D eigenvalue weighted by atomic mass is 10.1. The molecule has 1 aliphatic rings. The van der Waals surface area contributed by atoms with Crippen LogP contribution in [0.4, 0.5) is 11.4 Å². The maximum atomic E-state index is 12.7. The molecule has 8 nitrogen and oxygen atoms in total. The summed E-state index contributed by atoms with van der Waals surface area (Å²) < 4.78 is 15.2. The van der Waals surface area contributed by atoms with Crippen molar-refractivity contribution in [3.05, 3.63) is 33.5 Å². The molecule has 2 amide bonds. The number of hydrogen-bond donors (Lipinski definition) is 1. The van der Waals surface area contributed by atoms with Gasteiger partial charge >= 0.3 is 5.97 Å². The van der Waals surface area contributed by atoms with E-state index < -0.39 is 11.9 Å². The normalized spacial score (nSPS) is 15.9. The van der Waals surface area contributed by atoms with Gasteiger partial charge in [0.2, 0.25) is 11.8 Å². The highest BCUT2D eigenvalue weighted by Crippen LogP contribution is 2.40. The summed E-state index contributed by atoms with van der Waals surface area (Å²) in [5, 5.41) is 4.72. The molecular weight excluding hydrogens is 420 g/mol. The van der Waals surface area contributed by atoms with Gasteiger partial charge in [0.25, 0.3) is 0 Å². The summed E-state index contributed by atoms with van der Waals surface area (Å²) in [5.41, 5.74) is 0.826. The van der Waals surface area contributed by atoms with Gasteiger partial charge in [0.1, 0.15) is 16.4 Å². The zero-order chi connectivity index (χ0) is 21.1. The average molecular weight is 439 g/mol. The third-order valence-electron chi connectivity index (χ3n) is 4.53. The molecule has 0 unspecified atom stereocenters. The monoisotopic (exact) mass is 438 g/mol. The number of carbonyl (C=O) groups excluding carboxylic acids is 3. The van der Waals surface area contributed by atoms with E-state index in [1.807, 2.05) is 0 Å². The maximum absolute atomic E-state index is 12.7. The van der Waals surface area contributed by atoms with Gasteiger partial charge in [0.15, 0.2) is 0 Å². The molecule has 1 N–H and O–H groups in total. The van der Waals surface area contributed by atoms with Crippen molar-refractivity contribution in [2.45, 2.75) is 6.42 Å². The minimum absolute atomic E-state index is 0.0241. The van der Waals surface area contributed by atoms with Crippen LogP contribution in [0, 0.1) is 5.92 Å². The second-order valence-electron chi connectivity index (χ2n) is 6.21. The fourth-order valence-corrected chi connectivity index (χ4v) is 4.07. The molecule has 154 valence electrons. The minimum atomic E-state index is -0.599. The van der Waals surface area contributed by atoms with E-state index in [1.54, 1.807) is 23.6 Å². The Labute approximate surface area is 176 Å². The summed E-state index contributed by atoms with van der Waals surface area (Å²) >= 11 is 7.36. The van der Waals surface area contributed by atoms with Crippen LogP contribution in [-0.4, -0.2) is 45.7 Å². The van der Waals surface area contributed by atoms with Gasteiger partial charge in [-0.25, -0.2) is 4.79 Å². The number of hydrogen-bond acceptors (Lipinski definition) is 7. The topological polar surface area (TPSA) is 94.2 Å². The van der Waals surface area contributed by atoms with Crippen LogP contribution in [0.3, 0.4) is 0 Å². The second kappa shape index (κ2) is 8.71. The smallest absolute Gasteiger partial charge is 0.350 e. The molecular formula is C19H19ClN2O6S. The Bertz CT molecular complexity index is 960. The Kier molecular flexibility index (Phi) is 6.29. The summed E-state index contributed by atoms with van der Waals surface area (Å²) in [5.74, 6) is -0.894. The van der Waals surface area contributed by atoms with Crippen LogP contribution in [0.5, 0.6) is 11.5 Å². The number of nitrogens with one attached hydrogen (secondary N) is 1. The molecule has 1 aliphatic heterocycles. The second-order valence-corrected chi connectivity index (χ2v) is 7.53. The van der Waals surface area contributed by atoms with Gasteiger partial charge in [-0.3, -0.25) is 9.59 Å². The van der Waals surface area contributed by atoms with Crippen molar-refractivity contribution in [2.75, 3.05) is 38.1 Å². The van der Waals surface area contributed by atoms with Crippen LogP contribution in [0.25, 0.3) is 0 Å².